The number of hydrogen-bond donors (Lipinski definition) is 0. The van der Waals surface area contributed by atoms with E-state index in [2.05, 4.69) is 14.7 Å². The standard InChI is InChI=1S/C9H3F5N2O/c1-17-9-8(14)15-6-4(12)2(10)3(11)5(13)7(6)16-9/h1H3. The van der Waals surface area contributed by atoms with E-state index in [-0.39, 0.29) is 0 Å². The second-order valence-corrected chi connectivity index (χ2v) is 2.98. The van der Waals surface area contributed by atoms with Crippen molar-refractivity contribution in [2.24, 2.45) is 0 Å². The fraction of sp³-hybridized carbons (Fsp3) is 0.111. The normalized spacial score (nSPS) is 10.9. The van der Waals surface area contributed by atoms with Crippen molar-refractivity contribution in [3.63, 3.8) is 0 Å². The van der Waals surface area contributed by atoms with Gasteiger partial charge in [0.05, 0.1) is 7.11 Å². The van der Waals surface area contributed by atoms with Gasteiger partial charge in [-0.1, -0.05) is 0 Å². The molecule has 1 aromatic carbocycles. The van der Waals surface area contributed by atoms with Crippen molar-refractivity contribution in [3.05, 3.63) is 29.2 Å². The Bertz CT molecular complexity index is 616. The zero-order valence-corrected chi connectivity index (χ0v) is 8.19. The van der Waals surface area contributed by atoms with E-state index in [4.69, 9.17) is 0 Å². The van der Waals surface area contributed by atoms with Crippen molar-refractivity contribution in [2.45, 2.75) is 0 Å². The molecule has 0 amide bonds. The van der Waals surface area contributed by atoms with Gasteiger partial charge in [-0.3, -0.25) is 0 Å². The molecule has 1 aromatic heterocycles. The van der Waals surface area contributed by atoms with E-state index >= 15 is 0 Å². The van der Waals surface area contributed by atoms with E-state index in [1.807, 2.05) is 0 Å². The van der Waals surface area contributed by atoms with Crippen LogP contribution in [-0.4, -0.2) is 17.1 Å². The summed E-state index contributed by atoms with van der Waals surface area (Å²) in [5.41, 5.74) is -1.99. The van der Waals surface area contributed by atoms with Crippen LogP contribution >= 0.6 is 0 Å². The second-order valence-electron chi connectivity index (χ2n) is 2.98. The van der Waals surface area contributed by atoms with Crippen LogP contribution in [0, 0.1) is 29.2 Å². The molecule has 0 radical (unpaired) electrons. The summed E-state index contributed by atoms with van der Waals surface area (Å²) < 4.78 is 69.5. The van der Waals surface area contributed by atoms with E-state index in [1.54, 1.807) is 0 Å². The Morgan fingerprint density at radius 3 is 1.71 bits per heavy atom. The molecule has 0 saturated heterocycles. The number of benzene rings is 1. The third kappa shape index (κ3) is 1.56. The fourth-order valence-electron chi connectivity index (χ4n) is 1.24. The summed E-state index contributed by atoms with van der Waals surface area (Å²) in [5.74, 6) is -9.80. The van der Waals surface area contributed by atoms with Gasteiger partial charge < -0.3 is 4.74 Å². The molecule has 0 atom stereocenters. The maximum absolute atomic E-state index is 13.2. The maximum atomic E-state index is 13.2. The van der Waals surface area contributed by atoms with Gasteiger partial charge in [-0.25, -0.2) is 27.5 Å². The Hall–Kier alpha value is -1.99. The van der Waals surface area contributed by atoms with Crippen molar-refractivity contribution in [1.29, 1.82) is 0 Å². The number of fused-ring (bicyclic) bond motifs is 1. The van der Waals surface area contributed by atoms with Gasteiger partial charge in [0.2, 0.25) is 0 Å². The predicted octanol–water partition coefficient (Wildman–Crippen LogP) is 2.33. The molecule has 8 heteroatoms. The lowest BCUT2D eigenvalue weighted by Gasteiger charge is -2.05. The molecule has 0 bridgehead atoms. The summed E-state index contributed by atoms with van der Waals surface area (Å²) in [6.07, 6.45) is 0. The zero-order chi connectivity index (χ0) is 12.7. The van der Waals surface area contributed by atoms with Crippen LogP contribution in [-0.2, 0) is 0 Å². The Balaban J connectivity index is 2.96. The highest BCUT2D eigenvalue weighted by Gasteiger charge is 2.24. The van der Waals surface area contributed by atoms with Gasteiger partial charge in [0.25, 0.3) is 11.8 Å². The van der Waals surface area contributed by atoms with Crippen LogP contribution in [0.2, 0.25) is 0 Å². The largest absolute Gasteiger partial charge is 0.478 e. The summed E-state index contributed by atoms with van der Waals surface area (Å²) in [5, 5.41) is 0. The first-order chi connectivity index (χ1) is 7.97. The van der Waals surface area contributed by atoms with Crippen molar-refractivity contribution in [3.8, 4) is 5.88 Å². The van der Waals surface area contributed by atoms with Gasteiger partial charge in [0.1, 0.15) is 11.0 Å². The van der Waals surface area contributed by atoms with Crippen molar-refractivity contribution < 1.29 is 26.7 Å². The monoisotopic (exact) mass is 250 g/mol. The zero-order valence-electron chi connectivity index (χ0n) is 8.19. The lowest BCUT2D eigenvalue weighted by molar-refractivity contribution is 0.360. The number of nitrogens with zero attached hydrogens (tertiary/aromatic N) is 2. The first-order valence-electron chi connectivity index (χ1n) is 4.20. The van der Waals surface area contributed by atoms with Crippen LogP contribution in [0.3, 0.4) is 0 Å². The summed E-state index contributed by atoms with van der Waals surface area (Å²) in [6.45, 7) is 0. The molecule has 0 saturated carbocycles. The SMILES string of the molecule is COc1nc2c(F)c(F)c(F)c(F)c2nc1F. The Kier molecular flexibility index (Phi) is 2.56. The van der Waals surface area contributed by atoms with Crippen molar-refractivity contribution in [1.82, 2.24) is 9.97 Å². The molecular weight excluding hydrogens is 247 g/mol. The molecule has 3 nitrogen and oxygen atoms in total. The topological polar surface area (TPSA) is 35.0 Å². The van der Waals surface area contributed by atoms with Crippen LogP contribution in [0.4, 0.5) is 22.0 Å². The number of rotatable bonds is 1. The van der Waals surface area contributed by atoms with Gasteiger partial charge in [0.15, 0.2) is 23.3 Å². The molecule has 2 rings (SSSR count). The average molecular weight is 250 g/mol. The molecule has 0 aliphatic heterocycles. The van der Waals surface area contributed by atoms with Gasteiger partial charge in [-0.05, 0) is 0 Å². The van der Waals surface area contributed by atoms with Gasteiger partial charge in [0, 0.05) is 0 Å². The lowest BCUT2D eigenvalue weighted by Crippen LogP contribution is -2.04. The maximum Gasteiger partial charge on any atom is 0.276 e. The van der Waals surface area contributed by atoms with Gasteiger partial charge in [-0.15, -0.1) is 0 Å². The molecule has 90 valence electrons. The highest BCUT2D eigenvalue weighted by molar-refractivity contribution is 5.76. The van der Waals surface area contributed by atoms with Crippen LogP contribution in [0.5, 0.6) is 5.88 Å². The quantitative estimate of drug-likeness (QED) is 0.442. The number of methoxy groups -OCH3 is 1. The Morgan fingerprint density at radius 2 is 1.24 bits per heavy atom. The number of aromatic nitrogens is 2. The van der Waals surface area contributed by atoms with E-state index in [1.165, 1.54) is 0 Å². The lowest BCUT2D eigenvalue weighted by atomic mass is 10.2. The summed E-state index contributed by atoms with van der Waals surface area (Å²) in [4.78, 5) is 6.11. The third-order valence-corrected chi connectivity index (χ3v) is 2.01. The van der Waals surface area contributed by atoms with Crippen molar-refractivity contribution in [2.75, 3.05) is 7.11 Å². The van der Waals surface area contributed by atoms with Gasteiger partial charge >= 0.3 is 0 Å². The Labute approximate surface area is 90.9 Å². The number of halogens is 5. The molecule has 2 aromatic rings. The fourth-order valence-corrected chi connectivity index (χ4v) is 1.24. The van der Waals surface area contributed by atoms with E-state index in [9.17, 15) is 22.0 Å². The minimum Gasteiger partial charge on any atom is -0.478 e. The molecule has 0 spiro atoms. The molecule has 1 heterocycles. The predicted molar refractivity (Wildman–Crippen MR) is 45.9 cm³/mol. The van der Waals surface area contributed by atoms with Crippen LogP contribution in [0.25, 0.3) is 11.0 Å². The molecule has 0 fully saturated rings. The number of ether oxygens (including phenoxy) is 1. The summed E-state index contributed by atoms with van der Waals surface area (Å²) in [7, 11) is 1.01. The van der Waals surface area contributed by atoms with Crippen LogP contribution < -0.4 is 4.74 Å². The minimum atomic E-state index is -2.08. The molecule has 0 unspecified atom stereocenters. The second kappa shape index (κ2) is 3.79. The van der Waals surface area contributed by atoms with Crippen LogP contribution in [0.1, 0.15) is 0 Å². The highest BCUT2D eigenvalue weighted by Crippen LogP contribution is 2.26. The molecule has 0 N–H and O–H groups in total. The molecule has 17 heavy (non-hydrogen) atoms. The van der Waals surface area contributed by atoms with Crippen molar-refractivity contribution >= 4 is 11.0 Å². The number of hydrogen-bond acceptors (Lipinski definition) is 3. The third-order valence-electron chi connectivity index (χ3n) is 2.01. The highest BCUT2D eigenvalue weighted by atomic mass is 19.2. The average Bonchev–Trinajstić information content (AvgIpc) is 2.33. The van der Waals surface area contributed by atoms with Crippen LogP contribution in [0.15, 0.2) is 0 Å². The van der Waals surface area contributed by atoms with E-state index in [0.717, 1.165) is 7.11 Å². The minimum absolute atomic E-state index is 0.748. The van der Waals surface area contributed by atoms with Gasteiger partial charge in [-0.2, -0.15) is 4.39 Å². The molecule has 0 aliphatic rings. The first-order valence-corrected chi connectivity index (χ1v) is 4.20. The molecule has 0 aliphatic carbocycles. The Morgan fingerprint density at radius 1 is 0.765 bits per heavy atom. The van der Waals surface area contributed by atoms with E-state index in [0.29, 0.717) is 0 Å². The molecular formula is C9H3F5N2O. The first kappa shape index (κ1) is 11.5. The summed E-state index contributed by atoms with van der Waals surface area (Å²) in [6, 6.07) is 0. The van der Waals surface area contributed by atoms with E-state index < -0.39 is 46.1 Å². The summed E-state index contributed by atoms with van der Waals surface area (Å²) >= 11 is 0. The smallest absolute Gasteiger partial charge is 0.276 e.